The number of carbonyl (C=O) groups is 4. The Kier molecular flexibility index (Phi) is 12.4. The summed E-state index contributed by atoms with van der Waals surface area (Å²) in [5, 5.41) is 0. The van der Waals surface area contributed by atoms with Crippen molar-refractivity contribution in [3.05, 3.63) is 77.9 Å². The number of rotatable bonds is 14. The van der Waals surface area contributed by atoms with Gasteiger partial charge in [-0.1, -0.05) is 24.3 Å². The highest BCUT2D eigenvalue weighted by molar-refractivity contribution is 5.87. The molecule has 0 radical (unpaired) electrons. The van der Waals surface area contributed by atoms with Crippen molar-refractivity contribution in [3.8, 4) is 34.5 Å². The van der Waals surface area contributed by atoms with E-state index in [9.17, 15) is 19.2 Å². The maximum atomic E-state index is 12.8. The van der Waals surface area contributed by atoms with Crippen LogP contribution in [0.25, 0.3) is 6.08 Å². The van der Waals surface area contributed by atoms with E-state index in [2.05, 4.69) is 0 Å². The van der Waals surface area contributed by atoms with Crippen LogP contribution >= 0.6 is 0 Å². The van der Waals surface area contributed by atoms with Crippen LogP contribution in [0.4, 0.5) is 0 Å². The molecule has 0 aliphatic rings. The van der Waals surface area contributed by atoms with Gasteiger partial charge in [-0.2, -0.15) is 0 Å². The summed E-state index contributed by atoms with van der Waals surface area (Å²) in [4.78, 5) is 48.0. The van der Waals surface area contributed by atoms with E-state index in [1.165, 1.54) is 66.4 Å². The van der Waals surface area contributed by atoms with Gasteiger partial charge in [-0.15, -0.1) is 0 Å². The molecule has 2 atom stereocenters. The minimum absolute atomic E-state index is 0.0254. The second-order valence-corrected chi connectivity index (χ2v) is 9.31. The molecule has 3 aromatic carbocycles. The Hall–Kier alpha value is -5.52. The van der Waals surface area contributed by atoms with Crippen LogP contribution in [-0.2, 0) is 28.7 Å². The standard InChI is InChI=1S/C33H34O12/c1-20(34)42-25-14-11-23(12-15-25)13-16-31(37)41-19-30(45-27-10-8-7-9-26(27)38-4)32(43-21(2)35)24-17-28(39-5)33(44-22(3)36)29(18-24)40-6/h7-18,30,32H,19H2,1-6H3/b16-13+/t30-,32+/m1/s1. The lowest BCUT2D eigenvalue weighted by Gasteiger charge is -2.28. The smallest absolute Gasteiger partial charge is 0.330 e. The molecule has 0 bridgehead atoms. The van der Waals surface area contributed by atoms with Crippen molar-refractivity contribution in [2.45, 2.75) is 33.0 Å². The van der Waals surface area contributed by atoms with Crippen LogP contribution in [0.5, 0.6) is 34.5 Å². The maximum absolute atomic E-state index is 12.8. The van der Waals surface area contributed by atoms with Gasteiger partial charge in [0.05, 0.1) is 21.3 Å². The highest BCUT2D eigenvalue weighted by Crippen LogP contribution is 2.42. The highest BCUT2D eigenvalue weighted by Gasteiger charge is 2.33. The van der Waals surface area contributed by atoms with Gasteiger partial charge in [0.25, 0.3) is 0 Å². The summed E-state index contributed by atoms with van der Waals surface area (Å²) in [6.07, 6.45) is 0.442. The van der Waals surface area contributed by atoms with Crippen LogP contribution in [0.1, 0.15) is 38.0 Å². The monoisotopic (exact) mass is 622 g/mol. The molecule has 0 unspecified atom stereocenters. The molecule has 0 saturated carbocycles. The molecule has 0 aliphatic carbocycles. The van der Waals surface area contributed by atoms with E-state index in [-0.39, 0.29) is 29.6 Å². The van der Waals surface area contributed by atoms with Crippen molar-refractivity contribution in [2.75, 3.05) is 27.9 Å². The van der Waals surface area contributed by atoms with Crippen molar-refractivity contribution >= 4 is 30.0 Å². The predicted octanol–water partition coefficient (Wildman–Crippen LogP) is 4.87. The maximum Gasteiger partial charge on any atom is 0.330 e. The van der Waals surface area contributed by atoms with Crippen LogP contribution < -0.4 is 28.4 Å². The van der Waals surface area contributed by atoms with Crippen molar-refractivity contribution < 1.29 is 57.1 Å². The van der Waals surface area contributed by atoms with Gasteiger partial charge < -0.3 is 37.9 Å². The van der Waals surface area contributed by atoms with E-state index in [1.54, 1.807) is 48.5 Å². The highest BCUT2D eigenvalue weighted by atomic mass is 16.6. The number of esters is 4. The molecule has 0 fully saturated rings. The first kappa shape index (κ1) is 34.0. The molecule has 0 aromatic heterocycles. The lowest BCUT2D eigenvalue weighted by Crippen LogP contribution is -2.34. The number of carbonyl (C=O) groups excluding carboxylic acids is 4. The molecule has 0 N–H and O–H groups in total. The van der Waals surface area contributed by atoms with Crippen molar-refractivity contribution in [2.24, 2.45) is 0 Å². The van der Waals surface area contributed by atoms with E-state index >= 15 is 0 Å². The third kappa shape index (κ3) is 10.0. The summed E-state index contributed by atoms with van der Waals surface area (Å²) in [5.41, 5.74) is 0.976. The summed E-state index contributed by atoms with van der Waals surface area (Å²) in [7, 11) is 4.20. The second-order valence-electron chi connectivity index (χ2n) is 9.31. The molecule has 12 nitrogen and oxygen atoms in total. The third-order valence-electron chi connectivity index (χ3n) is 5.98. The minimum atomic E-state index is -1.17. The van der Waals surface area contributed by atoms with Gasteiger partial charge in [0.1, 0.15) is 12.4 Å². The minimum Gasteiger partial charge on any atom is -0.493 e. The zero-order valence-electron chi connectivity index (χ0n) is 25.7. The van der Waals surface area contributed by atoms with E-state index < -0.39 is 36.1 Å². The first-order chi connectivity index (χ1) is 21.5. The number of ether oxygens (including phenoxy) is 8. The second kappa shape index (κ2) is 16.4. The van der Waals surface area contributed by atoms with Gasteiger partial charge >= 0.3 is 23.9 Å². The van der Waals surface area contributed by atoms with Gasteiger partial charge in [-0.25, -0.2) is 4.79 Å². The molecule has 3 rings (SSSR count). The fourth-order valence-electron chi connectivity index (χ4n) is 4.10. The molecule has 12 heteroatoms. The van der Waals surface area contributed by atoms with Gasteiger partial charge in [0.15, 0.2) is 35.2 Å². The van der Waals surface area contributed by atoms with Gasteiger partial charge in [0.2, 0.25) is 5.75 Å². The average molecular weight is 623 g/mol. The summed E-state index contributed by atoms with van der Waals surface area (Å²) in [5.74, 6) is -1.12. The Bertz CT molecular complexity index is 1500. The van der Waals surface area contributed by atoms with Crippen LogP contribution in [0.15, 0.2) is 66.7 Å². The normalized spacial score (nSPS) is 12.0. The van der Waals surface area contributed by atoms with Gasteiger partial charge in [-0.3, -0.25) is 14.4 Å². The van der Waals surface area contributed by atoms with E-state index in [0.717, 1.165) is 0 Å². The van der Waals surface area contributed by atoms with Crippen LogP contribution in [-0.4, -0.2) is 57.9 Å². The van der Waals surface area contributed by atoms with E-state index in [1.807, 2.05) is 0 Å². The number of methoxy groups -OCH3 is 3. The van der Waals surface area contributed by atoms with Gasteiger partial charge in [0, 0.05) is 32.4 Å². The number of para-hydroxylation sites is 2. The van der Waals surface area contributed by atoms with E-state index in [4.69, 9.17) is 37.9 Å². The van der Waals surface area contributed by atoms with Crippen LogP contribution in [0.3, 0.4) is 0 Å². The quantitative estimate of drug-likeness (QED) is 0.137. The molecule has 0 heterocycles. The largest absolute Gasteiger partial charge is 0.493 e. The molecule has 45 heavy (non-hydrogen) atoms. The Labute approximate surface area is 260 Å². The summed E-state index contributed by atoms with van der Waals surface area (Å²) < 4.78 is 44.1. The third-order valence-corrected chi connectivity index (χ3v) is 5.98. The van der Waals surface area contributed by atoms with Gasteiger partial charge in [-0.05, 0) is 48.0 Å². The molecule has 0 amide bonds. The Balaban J connectivity index is 1.96. The zero-order chi connectivity index (χ0) is 32.9. The van der Waals surface area contributed by atoms with Crippen LogP contribution in [0, 0.1) is 0 Å². The Morgan fingerprint density at radius 1 is 0.711 bits per heavy atom. The topological polar surface area (TPSA) is 142 Å². The molecular weight excluding hydrogens is 588 g/mol. The lowest BCUT2D eigenvalue weighted by molar-refractivity contribution is -0.156. The lowest BCUT2D eigenvalue weighted by atomic mass is 10.0. The summed E-state index contributed by atoms with van der Waals surface area (Å²) in [6.45, 7) is 3.37. The fraction of sp³-hybridized carbons (Fsp3) is 0.273. The Morgan fingerprint density at radius 3 is 1.82 bits per heavy atom. The average Bonchev–Trinajstić information content (AvgIpc) is 3.01. The van der Waals surface area contributed by atoms with Crippen molar-refractivity contribution in [3.63, 3.8) is 0 Å². The number of benzene rings is 3. The molecule has 0 aliphatic heterocycles. The summed E-state index contributed by atoms with van der Waals surface area (Å²) in [6, 6.07) is 16.3. The van der Waals surface area contributed by atoms with Crippen molar-refractivity contribution in [1.29, 1.82) is 0 Å². The predicted molar refractivity (Wildman–Crippen MR) is 161 cm³/mol. The first-order valence-corrected chi connectivity index (χ1v) is 13.6. The van der Waals surface area contributed by atoms with Crippen molar-refractivity contribution in [1.82, 2.24) is 0 Å². The fourth-order valence-corrected chi connectivity index (χ4v) is 4.10. The molecule has 0 saturated heterocycles. The number of hydrogen-bond acceptors (Lipinski definition) is 12. The number of hydrogen-bond donors (Lipinski definition) is 0. The molecule has 238 valence electrons. The molecule has 3 aromatic rings. The zero-order valence-corrected chi connectivity index (χ0v) is 25.7. The van der Waals surface area contributed by atoms with E-state index in [0.29, 0.717) is 22.6 Å². The SMILES string of the molecule is COc1ccccc1O[C@H](COC(=O)/C=C/c1ccc(OC(C)=O)cc1)[C@@H](OC(C)=O)c1cc(OC)c(OC(C)=O)c(OC)c1. The first-order valence-electron chi connectivity index (χ1n) is 13.6. The van der Waals surface area contributed by atoms with Crippen LogP contribution in [0.2, 0.25) is 0 Å². The summed E-state index contributed by atoms with van der Waals surface area (Å²) >= 11 is 0. The molecular formula is C33H34O12. The Morgan fingerprint density at radius 2 is 1.29 bits per heavy atom. The molecule has 0 spiro atoms.